The molecule has 2 aromatic heterocycles. The number of benzene rings is 3. The van der Waals surface area contributed by atoms with Crippen LogP contribution in [0.2, 0.25) is 0 Å². The summed E-state index contributed by atoms with van der Waals surface area (Å²) in [5, 5.41) is 13.4. The van der Waals surface area contributed by atoms with Gasteiger partial charge in [0.1, 0.15) is 5.58 Å². The monoisotopic (exact) mass is 865 g/mol. The molecule has 4 nitrogen and oxygen atoms in total. The molecule has 51 heavy (non-hydrogen) atoms. The molecule has 1 N–H and O–H groups in total. The Morgan fingerprint density at radius 2 is 1.45 bits per heavy atom. The maximum atomic E-state index is 11.7. The van der Waals surface area contributed by atoms with Gasteiger partial charge in [-0.05, 0) is 84.7 Å². The van der Waals surface area contributed by atoms with Crippen LogP contribution in [-0.2, 0) is 43.2 Å². The molecule has 275 valence electrons. The third kappa shape index (κ3) is 8.06. The van der Waals surface area contributed by atoms with Crippen LogP contribution in [-0.4, -0.2) is 15.9 Å². The van der Waals surface area contributed by atoms with Crippen LogP contribution in [0.4, 0.5) is 0 Å². The van der Waals surface area contributed by atoms with Crippen LogP contribution in [0.5, 0.6) is 0 Å². The number of pyridine rings is 1. The van der Waals surface area contributed by atoms with E-state index < -0.39 is 0 Å². The smallest absolute Gasteiger partial charge is 0.162 e. The molecule has 0 unspecified atom stereocenters. The number of allylic oxidation sites excluding steroid dienone is 2. The number of hydrogen-bond donors (Lipinski definition) is 1. The van der Waals surface area contributed by atoms with Crippen LogP contribution in [0.25, 0.3) is 44.1 Å². The van der Waals surface area contributed by atoms with Gasteiger partial charge < -0.3 is 9.52 Å². The van der Waals surface area contributed by atoms with Crippen molar-refractivity contribution in [2.24, 2.45) is 23.7 Å². The molecule has 6 rings (SSSR count). The summed E-state index contributed by atoms with van der Waals surface area (Å²) >= 11 is 0. The maximum absolute atomic E-state index is 11.7. The zero-order valence-corrected chi connectivity index (χ0v) is 35.1. The quantitative estimate of drug-likeness (QED) is 0.0816. The molecule has 1 aliphatic rings. The number of hydrogen-bond acceptors (Lipinski definition) is 4. The largest absolute Gasteiger partial charge is 0.512 e. The molecule has 1 aliphatic carbocycles. The Bertz CT molecular complexity index is 2040. The van der Waals surface area contributed by atoms with Crippen molar-refractivity contribution in [2.75, 3.05) is 0 Å². The fraction of sp³-hybridized carbons (Fsp3) is 0.478. The number of fused-ring (bicyclic) bond motifs is 3. The third-order valence-electron chi connectivity index (χ3n) is 10.7. The minimum Gasteiger partial charge on any atom is -0.512 e. The average molecular weight is 865 g/mol. The van der Waals surface area contributed by atoms with Gasteiger partial charge in [-0.15, -0.1) is 17.7 Å². The topological polar surface area (TPSA) is 63.3 Å². The summed E-state index contributed by atoms with van der Waals surface area (Å²) < 4.78 is 6.84. The Hall–Kier alpha value is -3.27. The summed E-state index contributed by atoms with van der Waals surface area (Å²) in [7, 11) is 0. The fourth-order valence-electron chi connectivity index (χ4n) is 7.81. The molecule has 5 aromatic rings. The van der Waals surface area contributed by atoms with Crippen molar-refractivity contribution >= 4 is 38.6 Å². The Balaban J connectivity index is 0.000000312. The van der Waals surface area contributed by atoms with E-state index in [2.05, 4.69) is 97.0 Å². The molecule has 0 aliphatic heterocycles. The molecule has 3 aromatic carbocycles. The fourth-order valence-corrected chi connectivity index (χ4v) is 7.81. The summed E-state index contributed by atoms with van der Waals surface area (Å²) in [4.78, 5) is 17.0. The first-order valence-corrected chi connectivity index (χ1v) is 19.0. The summed E-state index contributed by atoms with van der Waals surface area (Å²) in [6.45, 7) is 24.0. The van der Waals surface area contributed by atoms with Crippen LogP contribution in [0.15, 0.2) is 58.7 Å². The number of aryl methyl sites for hydroxylation is 1. The van der Waals surface area contributed by atoms with E-state index in [4.69, 9.17) is 9.40 Å². The van der Waals surface area contributed by atoms with Gasteiger partial charge in [-0.25, -0.2) is 0 Å². The Morgan fingerprint density at radius 1 is 0.843 bits per heavy atom. The molecule has 1 radical (unpaired) electrons. The van der Waals surface area contributed by atoms with E-state index >= 15 is 0 Å². The zero-order chi connectivity index (χ0) is 36.5. The van der Waals surface area contributed by atoms with E-state index in [1.54, 1.807) is 0 Å². The SMILES string of the molecule is CCC(CC)C(=O)/C=C(\O)C(CC)CC.Cc1ccc2nc3c(cc2c1)C(C)(C)c1ccc(CC(C)C)c2oc4c(CC(C)C)c[c-]c-3c4c12.[Ir]. The molecule has 0 bridgehead atoms. The number of carbonyl (C=O) groups excluding carboxylic acids is 1. The normalized spacial score (nSPS) is 13.7. The number of aliphatic hydroxyl groups is 1. The van der Waals surface area contributed by atoms with E-state index in [-0.39, 0.29) is 48.9 Å². The number of aromatic nitrogens is 1. The van der Waals surface area contributed by atoms with Crippen molar-refractivity contribution in [2.45, 2.75) is 120 Å². The predicted octanol–water partition coefficient (Wildman–Crippen LogP) is 12.8. The van der Waals surface area contributed by atoms with Crippen LogP contribution < -0.4 is 0 Å². The Kier molecular flexibility index (Phi) is 13.2. The zero-order valence-electron chi connectivity index (χ0n) is 32.7. The van der Waals surface area contributed by atoms with Crippen molar-refractivity contribution in [3.63, 3.8) is 0 Å². The maximum Gasteiger partial charge on any atom is 0.162 e. The molecule has 0 amide bonds. The first-order valence-electron chi connectivity index (χ1n) is 19.0. The summed E-state index contributed by atoms with van der Waals surface area (Å²) in [6.07, 6.45) is 6.88. The molecule has 0 atom stereocenters. The Labute approximate surface area is 319 Å². The van der Waals surface area contributed by atoms with Crippen molar-refractivity contribution in [3.8, 4) is 11.3 Å². The number of carbonyl (C=O) groups is 1. The van der Waals surface area contributed by atoms with Gasteiger partial charge in [-0.3, -0.25) is 9.78 Å². The number of ketones is 1. The second-order valence-electron chi connectivity index (χ2n) is 15.9. The van der Waals surface area contributed by atoms with Gasteiger partial charge >= 0.3 is 0 Å². The van der Waals surface area contributed by atoms with Crippen molar-refractivity contribution in [3.05, 3.63) is 88.2 Å². The van der Waals surface area contributed by atoms with Gasteiger partial charge in [0.2, 0.25) is 0 Å². The van der Waals surface area contributed by atoms with E-state index in [1.807, 2.05) is 27.7 Å². The molecule has 2 heterocycles. The second-order valence-corrected chi connectivity index (χ2v) is 15.9. The minimum atomic E-state index is -0.225. The van der Waals surface area contributed by atoms with Crippen LogP contribution in [0.1, 0.15) is 123 Å². The van der Waals surface area contributed by atoms with Crippen LogP contribution in [0.3, 0.4) is 0 Å². The number of aliphatic hydroxyl groups excluding tert-OH is 1. The van der Waals surface area contributed by atoms with Gasteiger partial charge in [0.15, 0.2) is 5.78 Å². The third-order valence-corrected chi connectivity index (χ3v) is 10.7. The molecular formula is C46H58IrNO3-. The number of rotatable bonds is 11. The molecule has 5 heteroatoms. The molecule has 0 saturated carbocycles. The summed E-state index contributed by atoms with van der Waals surface area (Å²) in [5.41, 5.74) is 11.4. The molecule has 0 saturated heterocycles. The predicted molar refractivity (Wildman–Crippen MR) is 211 cm³/mol. The van der Waals surface area contributed by atoms with Gasteiger partial charge in [0, 0.05) is 43.4 Å². The molecular weight excluding hydrogens is 807 g/mol. The van der Waals surface area contributed by atoms with Gasteiger partial charge in [-0.2, -0.15) is 0 Å². The second kappa shape index (κ2) is 16.6. The minimum absolute atomic E-state index is 0. The molecule has 0 spiro atoms. The van der Waals surface area contributed by atoms with Crippen molar-refractivity contribution in [1.82, 2.24) is 4.98 Å². The van der Waals surface area contributed by atoms with E-state index in [0.29, 0.717) is 11.8 Å². The van der Waals surface area contributed by atoms with Crippen LogP contribution >= 0.6 is 0 Å². The molecule has 0 fully saturated rings. The summed E-state index contributed by atoms with van der Waals surface area (Å²) in [5.74, 6) is 1.65. The summed E-state index contributed by atoms with van der Waals surface area (Å²) in [6, 6.07) is 19.4. The van der Waals surface area contributed by atoms with Gasteiger partial charge in [0.05, 0.1) is 16.9 Å². The van der Waals surface area contributed by atoms with Crippen LogP contribution in [0, 0.1) is 36.7 Å². The standard InChI is InChI=1S/C33H34NO.C13H24O2.Ir/c1-18(2)14-21-9-11-24-28-29-25(12-10-22(15-19(3)4)32(29)35-31(21)28)33(6,7)26-17-23-16-20(5)8-13-27(23)34-30(24)26;1-5-10(6-2)12(14)9-13(15)11(7-3)8-4;/h8-10,12-13,16-19H,14-15H2,1-7H3;9-11,14H,5-8H2,1-4H3;/q-1;;/b;12-9-;. The van der Waals surface area contributed by atoms with Crippen molar-refractivity contribution in [1.29, 1.82) is 0 Å². The number of nitrogens with zero attached hydrogens (tertiary/aromatic N) is 1. The van der Waals surface area contributed by atoms with Crippen molar-refractivity contribution < 1.29 is 34.4 Å². The van der Waals surface area contributed by atoms with E-state index in [9.17, 15) is 9.90 Å². The van der Waals surface area contributed by atoms with E-state index in [0.717, 1.165) is 66.5 Å². The van der Waals surface area contributed by atoms with E-state index in [1.165, 1.54) is 50.1 Å². The first-order chi connectivity index (χ1) is 23.7. The van der Waals surface area contributed by atoms with Gasteiger partial charge in [-0.1, -0.05) is 128 Å². The van der Waals surface area contributed by atoms with Gasteiger partial charge in [0.25, 0.3) is 0 Å². The first kappa shape index (κ1) is 40.5. The Morgan fingerprint density at radius 3 is 2.06 bits per heavy atom. The number of furan rings is 1. The average Bonchev–Trinajstić information content (AvgIpc) is 3.44.